The van der Waals surface area contributed by atoms with E-state index in [0.29, 0.717) is 19.1 Å². The van der Waals surface area contributed by atoms with Crippen LogP contribution in [0.15, 0.2) is 0 Å². The summed E-state index contributed by atoms with van der Waals surface area (Å²) in [6, 6.07) is -0.599. The Morgan fingerprint density at radius 1 is 1.39 bits per heavy atom. The molecule has 1 atom stereocenters. The number of hydrogen-bond acceptors (Lipinski definition) is 2. The first kappa shape index (κ1) is 15.1. The fourth-order valence-corrected chi connectivity index (χ4v) is 1.91. The van der Waals surface area contributed by atoms with Crippen molar-refractivity contribution >= 4 is 6.03 Å². The maximum absolute atomic E-state index is 11.9. The van der Waals surface area contributed by atoms with Gasteiger partial charge in [0.1, 0.15) is 0 Å². The topological polar surface area (TPSA) is 50.4 Å². The largest absolute Gasteiger partial charge is 0.390 e. The number of carbonyl (C=O) groups excluding carboxylic acids is 1. The van der Waals surface area contributed by atoms with Gasteiger partial charge in [-0.2, -0.15) is 13.2 Å². The Balaban J connectivity index is 2.18. The number of alkyl halides is 3. The first-order valence-corrected chi connectivity index (χ1v) is 6.07. The molecule has 0 spiro atoms. The fourth-order valence-electron chi connectivity index (χ4n) is 1.91. The molecule has 0 aromatic heterocycles. The lowest BCUT2D eigenvalue weighted by atomic mass is 9.93. The van der Waals surface area contributed by atoms with E-state index in [-0.39, 0.29) is 6.04 Å². The maximum Gasteiger partial charge on any atom is 0.390 e. The van der Waals surface area contributed by atoms with Crippen LogP contribution >= 0.6 is 0 Å². The molecule has 0 aromatic rings. The van der Waals surface area contributed by atoms with Crippen LogP contribution in [0.5, 0.6) is 0 Å². The predicted molar refractivity (Wildman–Crippen MR) is 60.2 cm³/mol. The van der Waals surface area contributed by atoms with Gasteiger partial charge < -0.3 is 15.4 Å². The van der Waals surface area contributed by atoms with Gasteiger partial charge in [-0.3, -0.25) is 0 Å². The summed E-state index contributed by atoms with van der Waals surface area (Å²) in [5.74, 6) is 0.326. The lowest BCUT2D eigenvalue weighted by Gasteiger charge is -2.28. The van der Waals surface area contributed by atoms with Crippen LogP contribution in [0.3, 0.4) is 0 Å². The Morgan fingerprint density at radius 3 is 2.56 bits per heavy atom. The van der Waals surface area contributed by atoms with E-state index in [0.717, 1.165) is 12.8 Å². The summed E-state index contributed by atoms with van der Waals surface area (Å²) in [4.78, 5) is 11.4. The summed E-state index contributed by atoms with van der Waals surface area (Å²) in [5.41, 5.74) is 0. The zero-order valence-electron chi connectivity index (χ0n) is 10.3. The average molecular weight is 268 g/mol. The SMILES string of the molecule is CC(NC(=O)NCCC(F)(F)F)C1CCOCC1. The highest BCUT2D eigenvalue weighted by Crippen LogP contribution is 2.19. The third kappa shape index (κ3) is 6.09. The molecule has 7 heteroatoms. The second kappa shape index (κ2) is 6.82. The van der Waals surface area contributed by atoms with Gasteiger partial charge in [0.25, 0.3) is 0 Å². The van der Waals surface area contributed by atoms with Crippen molar-refractivity contribution in [1.82, 2.24) is 10.6 Å². The van der Waals surface area contributed by atoms with Gasteiger partial charge in [0.15, 0.2) is 0 Å². The second-order valence-corrected chi connectivity index (χ2v) is 4.50. The van der Waals surface area contributed by atoms with E-state index in [1.165, 1.54) is 0 Å². The summed E-state index contributed by atoms with van der Waals surface area (Å²) in [5, 5.41) is 4.87. The zero-order valence-corrected chi connectivity index (χ0v) is 10.3. The number of ether oxygens (including phenoxy) is 1. The normalized spacial score (nSPS) is 19.3. The van der Waals surface area contributed by atoms with E-state index in [1.807, 2.05) is 6.92 Å². The van der Waals surface area contributed by atoms with Gasteiger partial charge in [-0.15, -0.1) is 0 Å². The number of carbonyl (C=O) groups is 1. The van der Waals surface area contributed by atoms with Gasteiger partial charge in [-0.05, 0) is 25.7 Å². The zero-order chi connectivity index (χ0) is 13.6. The summed E-state index contributed by atoms with van der Waals surface area (Å²) in [6.07, 6.45) is -3.51. The highest BCUT2D eigenvalue weighted by atomic mass is 19.4. The highest BCUT2D eigenvalue weighted by Gasteiger charge is 2.27. The van der Waals surface area contributed by atoms with Crippen molar-refractivity contribution in [3.8, 4) is 0 Å². The Hall–Kier alpha value is -0.980. The molecule has 0 bridgehead atoms. The third-order valence-corrected chi connectivity index (χ3v) is 3.03. The Labute approximate surface area is 104 Å². The summed E-state index contributed by atoms with van der Waals surface area (Å²) in [7, 11) is 0. The van der Waals surface area contributed by atoms with Crippen molar-refractivity contribution in [3.63, 3.8) is 0 Å². The molecule has 0 radical (unpaired) electrons. The molecule has 1 aliphatic rings. The molecular weight excluding hydrogens is 249 g/mol. The minimum absolute atomic E-state index is 0.0558. The number of nitrogens with one attached hydrogen (secondary N) is 2. The first-order chi connectivity index (χ1) is 8.38. The van der Waals surface area contributed by atoms with E-state index in [1.54, 1.807) is 0 Å². The van der Waals surface area contributed by atoms with Crippen molar-refractivity contribution in [2.24, 2.45) is 5.92 Å². The van der Waals surface area contributed by atoms with Crippen LogP contribution in [0.4, 0.5) is 18.0 Å². The monoisotopic (exact) mass is 268 g/mol. The standard InChI is InChI=1S/C11H19F3N2O2/c1-8(9-2-6-18-7-3-9)16-10(17)15-5-4-11(12,13)14/h8-9H,2-7H2,1H3,(H2,15,16,17). The van der Waals surface area contributed by atoms with Crippen LogP contribution in [-0.4, -0.2) is 38.0 Å². The van der Waals surface area contributed by atoms with Crippen molar-refractivity contribution < 1.29 is 22.7 Å². The molecule has 0 saturated carbocycles. The van der Waals surface area contributed by atoms with Gasteiger partial charge in [0.05, 0.1) is 6.42 Å². The molecule has 2 N–H and O–H groups in total. The van der Waals surface area contributed by atoms with Crippen LogP contribution in [0, 0.1) is 5.92 Å². The molecule has 1 heterocycles. The molecule has 1 saturated heterocycles. The molecule has 1 unspecified atom stereocenters. The van der Waals surface area contributed by atoms with E-state index in [2.05, 4.69) is 10.6 Å². The molecule has 1 rings (SSSR count). The van der Waals surface area contributed by atoms with Gasteiger partial charge in [-0.1, -0.05) is 0 Å². The van der Waals surface area contributed by atoms with Gasteiger partial charge >= 0.3 is 12.2 Å². The van der Waals surface area contributed by atoms with Crippen LogP contribution < -0.4 is 10.6 Å². The van der Waals surface area contributed by atoms with Crippen LogP contribution in [0.25, 0.3) is 0 Å². The van der Waals surface area contributed by atoms with E-state index >= 15 is 0 Å². The molecule has 2 amide bonds. The molecule has 1 fully saturated rings. The molecule has 4 nitrogen and oxygen atoms in total. The van der Waals surface area contributed by atoms with Gasteiger partial charge in [0, 0.05) is 25.8 Å². The Bertz CT molecular complexity index is 266. The Kier molecular flexibility index (Phi) is 5.71. The third-order valence-electron chi connectivity index (χ3n) is 3.03. The lowest BCUT2D eigenvalue weighted by molar-refractivity contribution is -0.132. The van der Waals surface area contributed by atoms with Crippen molar-refractivity contribution in [2.45, 2.75) is 38.4 Å². The van der Waals surface area contributed by atoms with E-state index in [9.17, 15) is 18.0 Å². The van der Waals surface area contributed by atoms with Crippen molar-refractivity contribution in [1.29, 1.82) is 0 Å². The van der Waals surface area contributed by atoms with E-state index in [4.69, 9.17) is 4.74 Å². The van der Waals surface area contributed by atoms with Crippen molar-refractivity contribution in [3.05, 3.63) is 0 Å². The first-order valence-electron chi connectivity index (χ1n) is 6.07. The Morgan fingerprint density at radius 2 is 2.00 bits per heavy atom. The molecule has 18 heavy (non-hydrogen) atoms. The molecule has 106 valence electrons. The minimum atomic E-state index is -4.24. The summed E-state index contributed by atoms with van der Waals surface area (Å²) >= 11 is 0. The van der Waals surface area contributed by atoms with Crippen LogP contribution in [-0.2, 0) is 4.74 Å². The molecular formula is C11H19F3N2O2. The average Bonchev–Trinajstić information content (AvgIpc) is 2.28. The number of amides is 2. The minimum Gasteiger partial charge on any atom is -0.381 e. The number of rotatable bonds is 4. The molecule has 1 aliphatic heterocycles. The smallest absolute Gasteiger partial charge is 0.381 e. The van der Waals surface area contributed by atoms with Gasteiger partial charge in [-0.25, -0.2) is 4.79 Å². The highest BCUT2D eigenvalue weighted by molar-refractivity contribution is 5.74. The van der Waals surface area contributed by atoms with E-state index < -0.39 is 25.2 Å². The lowest BCUT2D eigenvalue weighted by Crippen LogP contribution is -2.45. The molecule has 0 aliphatic carbocycles. The predicted octanol–water partition coefficient (Wildman–Crippen LogP) is 2.05. The summed E-state index contributed by atoms with van der Waals surface area (Å²) in [6.45, 7) is 2.81. The van der Waals surface area contributed by atoms with Gasteiger partial charge in [0.2, 0.25) is 0 Å². The number of hydrogen-bond donors (Lipinski definition) is 2. The van der Waals surface area contributed by atoms with Crippen molar-refractivity contribution in [2.75, 3.05) is 19.8 Å². The van der Waals surface area contributed by atoms with Crippen LogP contribution in [0.1, 0.15) is 26.2 Å². The fraction of sp³-hybridized carbons (Fsp3) is 0.909. The second-order valence-electron chi connectivity index (χ2n) is 4.50. The maximum atomic E-state index is 11.9. The summed E-state index contributed by atoms with van der Waals surface area (Å²) < 4.78 is 40.8. The number of urea groups is 1. The molecule has 0 aromatic carbocycles. The number of halogens is 3. The van der Waals surface area contributed by atoms with Crippen LogP contribution in [0.2, 0.25) is 0 Å². The quantitative estimate of drug-likeness (QED) is 0.820.